The van der Waals surface area contributed by atoms with E-state index in [-0.39, 0.29) is 5.56 Å². The number of aromatic carboxylic acids is 1. The maximum absolute atomic E-state index is 13.2. The molecule has 0 heterocycles. The number of anilines is 3. The summed E-state index contributed by atoms with van der Waals surface area (Å²) in [7, 11) is 0. The summed E-state index contributed by atoms with van der Waals surface area (Å²) in [5, 5.41) is 12.0. The summed E-state index contributed by atoms with van der Waals surface area (Å²) >= 11 is 0. The highest BCUT2D eigenvalue weighted by Gasteiger charge is 2.11. The number of nitrogens with one attached hydrogen (secondary N) is 1. The molecule has 0 amide bonds. The molecule has 0 spiro atoms. The maximum atomic E-state index is 13.2. The van der Waals surface area contributed by atoms with Crippen molar-refractivity contribution in [3.63, 3.8) is 0 Å². The Hall–Kier alpha value is -2.56. The summed E-state index contributed by atoms with van der Waals surface area (Å²) in [4.78, 5) is 11.0. The van der Waals surface area contributed by atoms with Crippen molar-refractivity contribution in [1.82, 2.24) is 0 Å². The molecule has 0 saturated heterocycles. The van der Waals surface area contributed by atoms with Gasteiger partial charge in [-0.2, -0.15) is 0 Å². The molecular formula is C14H13FN2O2. The molecule has 2 aromatic carbocycles. The summed E-state index contributed by atoms with van der Waals surface area (Å²) in [6.07, 6.45) is 0. The summed E-state index contributed by atoms with van der Waals surface area (Å²) in [6.45, 7) is 1.68. The van der Waals surface area contributed by atoms with Gasteiger partial charge in [-0.05, 0) is 42.8 Å². The Morgan fingerprint density at radius 3 is 2.68 bits per heavy atom. The van der Waals surface area contributed by atoms with Crippen molar-refractivity contribution in [1.29, 1.82) is 0 Å². The van der Waals surface area contributed by atoms with E-state index in [2.05, 4.69) is 5.32 Å². The highest BCUT2D eigenvalue weighted by Crippen LogP contribution is 2.27. The van der Waals surface area contributed by atoms with Crippen LogP contribution >= 0.6 is 0 Å². The zero-order valence-corrected chi connectivity index (χ0v) is 10.3. The quantitative estimate of drug-likeness (QED) is 0.741. The van der Waals surface area contributed by atoms with E-state index in [0.29, 0.717) is 22.6 Å². The standard InChI is InChI=1S/C14H13FN2O2/c1-8-10(14(18)19)3-2-4-12(8)17-13-7-9(15)5-6-11(13)16/h2-7,17H,16H2,1H3,(H,18,19). The molecule has 0 aliphatic carbocycles. The number of nitrogens with two attached hydrogens (primary N) is 1. The number of nitrogen functional groups attached to an aromatic ring is 1. The van der Waals surface area contributed by atoms with Gasteiger partial charge in [-0.1, -0.05) is 6.07 Å². The Labute approximate surface area is 109 Å². The summed E-state index contributed by atoms with van der Waals surface area (Å²) < 4.78 is 13.2. The van der Waals surface area contributed by atoms with Crippen LogP contribution in [0.25, 0.3) is 0 Å². The van der Waals surface area contributed by atoms with Gasteiger partial charge >= 0.3 is 5.97 Å². The van der Waals surface area contributed by atoms with Crippen molar-refractivity contribution in [2.24, 2.45) is 0 Å². The molecule has 98 valence electrons. The highest BCUT2D eigenvalue weighted by molar-refractivity contribution is 5.91. The number of carboxylic acid groups (broad SMARTS) is 1. The Bertz CT molecular complexity index is 641. The zero-order chi connectivity index (χ0) is 14.0. The predicted molar refractivity (Wildman–Crippen MR) is 72.2 cm³/mol. The van der Waals surface area contributed by atoms with Gasteiger partial charge in [-0.3, -0.25) is 0 Å². The lowest BCUT2D eigenvalue weighted by Crippen LogP contribution is -2.04. The van der Waals surface area contributed by atoms with Crippen LogP contribution in [-0.4, -0.2) is 11.1 Å². The van der Waals surface area contributed by atoms with E-state index < -0.39 is 11.8 Å². The number of benzene rings is 2. The first-order valence-corrected chi connectivity index (χ1v) is 5.64. The van der Waals surface area contributed by atoms with Crippen LogP contribution in [0.5, 0.6) is 0 Å². The van der Waals surface area contributed by atoms with Crippen molar-refractivity contribution in [2.75, 3.05) is 11.1 Å². The van der Waals surface area contributed by atoms with Gasteiger partial charge in [0.1, 0.15) is 5.82 Å². The predicted octanol–water partition coefficient (Wildman–Crippen LogP) is 3.16. The third-order valence-electron chi connectivity index (χ3n) is 2.85. The number of hydrogen-bond acceptors (Lipinski definition) is 3. The van der Waals surface area contributed by atoms with Crippen molar-refractivity contribution in [2.45, 2.75) is 6.92 Å². The first-order valence-electron chi connectivity index (χ1n) is 5.64. The molecule has 4 N–H and O–H groups in total. The topological polar surface area (TPSA) is 75.3 Å². The molecule has 2 aromatic rings. The molecule has 5 heteroatoms. The van der Waals surface area contributed by atoms with E-state index >= 15 is 0 Å². The summed E-state index contributed by atoms with van der Waals surface area (Å²) in [5.74, 6) is -1.42. The van der Waals surface area contributed by atoms with Crippen LogP contribution in [0.3, 0.4) is 0 Å². The number of hydrogen-bond donors (Lipinski definition) is 3. The first-order chi connectivity index (χ1) is 8.99. The molecule has 0 radical (unpaired) electrons. The summed E-state index contributed by atoms with van der Waals surface area (Å²) in [5.41, 5.74) is 7.88. The van der Waals surface area contributed by atoms with Gasteiger partial charge in [-0.15, -0.1) is 0 Å². The van der Waals surface area contributed by atoms with Crippen LogP contribution < -0.4 is 11.1 Å². The highest BCUT2D eigenvalue weighted by atomic mass is 19.1. The van der Waals surface area contributed by atoms with Crippen LogP contribution in [0.1, 0.15) is 15.9 Å². The zero-order valence-electron chi connectivity index (χ0n) is 10.3. The van der Waals surface area contributed by atoms with E-state index in [1.54, 1.807) is 19.1 Å². The van der Waals surface area contributed by atoms with Gasteiger partial charge < -0.3 is 16.2 Å². The van der Waals surface area contributed by atoms with Crippen molar-refractivity contribution in [3.8, 4) is 0 Å². The minimum atomic E-state index is -1.01. The van der Waals surface area contributed by atoms with Crippen LogP contribution in [0.15, 0.2) is 36.4 Å². The van der Waals surface area contributed by atoms with Crippen molar-refractivity contribution >= 4 is 23.0 Å². The molecule has 0 bridgehead atoms. The van der Waals surface area contributed by atoms with Crippen LogP contribution in [0.4, 0.5) is 21.5 Å². The van der Waals surface area contributed by atoms with E-state index in [1.807, 2.05) is 0 Å². The molecular weight excluding hydrogens is 247 g/mol. The number of halogens is 1. The Balaban J connectivity index is 2.41. The van der Waals surface area contributed by atoms with E-state index in [0.717, 1.165) is 0 Å². The number of carboxylic acids is 1. The fourth-order valence-corrected chi connectivity index (χ4v) is 1.78. The van der Waals surface area contributed by atoms with Gasteiger partial charge in [0.15, 0.2) is 0 Å². The second kappa shape index (κ2) is 4.97. The molecule has 0 aliphatic rings. The van der Waals surface area contributed by atoms with Crippen LogP contribution in [-0.2, 0) is 0 Å². The normalized spacial score (nSPS) is 10.2. The lowest BCUT2D eigenvalue weighted by molar-refractivity contribution is 0.0696. The number of rotatable bonds is 3. The lowest BCUT2D eigenvalue weighted by Gasteiger charge is -2.13. The molecule has 0 fully saturated rings. The first kappa shape index (κ1) is 12.9. The summed E-state index contributed by atoms with van der Waals surface area (Å²) in [6, 6.07) is 8.83. The minimum Gasteiger partial charge on any atom is -0.478 e. The molecule has 2 rings (SSSR count). The van der Waals surface area contributed by atoms with Gasteiger partial charge in [0.05, 0.1) is 16.9 Å². The lowest BCUT2D eigenvalue weighted by atomic mass is 10.1. The second-order valence-corrected chi connectivity index (χ2v) is 4.14. The van der Waals surface area contributed by atoms with E-state index in [4.69, 9.17) is 10.8 Å². The van der Waals surface area contributed by atoms with Gasteiger partial charge in [0.25, 0.3) is 0 Å². The third-order valence-corrected chi connectivity index (χ3v) is 2.85. The smallest absolute Gasteiger partial charge is 0.336 e. The SMILES string of the molecule is Cc1c(Nc2cc(F)ccc2N)cccc1C(=O)O. The van der Waals surface area contributed by atoms with Gasteiger partial charge in [-0.25, -0.2) is 9.18 Å². The largest absolute Gasteiger partial charge is 0.478 e. The van der Waals surface area contributed by atoms with E-state index in [1.165, 1.54) is 24.3 Å². The Morgan fingerprint density at radius 1 is 1.26 bits per heavy atom. The van der Waals surface area contributed by atoms with Gasteiger partial charge in [0, 0.05) is 5.69 Å². The molecule has 0 aliphatic heterocycles. The molecule has 19 heavy (non-hydrogen) atoms. The minimum absolute atomic E-state index is 0.194. The average Bonchev–Trinajstić information content (AvgIpc) is 2.36. The monoisotopic (exact) mass is 260 g/mol. The third kappa shape index (κ3) is 2.65. The number of carbonyl (C=O) groups is 1. The molecule has 0 aromatic heterocycles. The molecule has 4 nitrogen and oxygen atoms in total. The van der Waals surface area contributed by atoms with Gasteiger partial charge in [0.2, 0.25) is 0 Å². The second-order valence-electron chi connectivity index (χ2n) is 4.14. The maximum Gasteiger partial charge on any atom is 0.336 e. The van der Waals surface area contributed by atoms with E-state index in [9.17, 15) is 9.18 Å². The Morgan fingerprint density at radius 2 is 2.00 bits per heavy atom. The molecule has 0 atom stereocenters. The van der Waals surface area contributed by atoms with Crippen molar-refractivity contribution < 1.29 is 14.3 Å². The Kier molecular flexibility index (Phi) is 3.37. The molecule has 0 saturated carbocycles. The average molecular weight is 260 g/mol. The van der Waals surface area contributed by atoms with Crippen LogP contribution in [0.2, 0.25) is 0 Å². The van der Waals surface area contributed by atoms with Crippen LogP contribution in [0, 0.1) is 12.7 Å². The van der Waals surface area contributed by atoms with Crippen molar-refractivity contribution in [3.05, 3.63) is 53.3 Å². The fraction of sp³-hybridized carbons (Fsp3) is 0.0714. The fourth-order valence-electron chi connectivity index (χ4n) is 1.78. The molecule has 0 unspecified atom stereocenters.